The van der Waals surface area contributed by atoms with Crippen LogP contribution in [0.5, 0.6) is 5.75 Å². The summed E-state index contributed by atoms with van der Waals surface area (Å²) in [6.45, 7) is 2.36. The molecule has 1 unspecified atom stereocenters. The lowest BCUT2D eigenvalue weighted by atomic mass is 10.1. The van der Waals surface area contributed by atoms with E-state index in [0.717, 1.165) is 19.3 Å². The molecule has 3 amide bonds. The van der Waals surface area contributed by atoms with Gasteiger partial charge in [0, 0.05) is 7.11 Å². The van der Waals surface area contributed by atoms with E-state index in [1.165, 1.54) is 12.0 Å². The number of unbranched alkanes of at least 4 members (excludes halogenated alkanes) is 1. The van der Waals surface area contributed by atoms with Crippen molar-refractivity contribution in [2.75, 3.05) is 27.9 Å². The molecule has 1 aliphatic heterocycles. The molecule has 142 valence electrons. The van der Waals surface area contributed by atoms with Crippen LogP contribution in [0.1, 0.15) is 31.7 Å². The predicted molar refractivity (Wildman–Crippen MR) is 97.5 cm³/mol. The number of amides is 3. The van der Waals surface area contributed by atoms with Gasteiger partial charge in [0.1, 0.15) is 5.75 Å². The van der Waals surface area contributed by atoms with Gasteiger partial charge in [0.2, 0.25) is 0 Å². The summed E-state index contributed by atoms with van der Waals surface area (Å²) in [6, 6.07) is 6.71. The van der Waals surface area contributed by atoms with Crippen molar-refractivity contribution < 1.29 is 23.8 Å². The van der Waals surface area contributed by atoms with Crippen molar-refractivity contribution >= 4 is 17.7 Å². The number of ether oxygens (including phenoxy) is 3. The Balaban J connectivity index is 2.45. The van der Waals surface area contributed by atoms with Crippen LogP contribution in [-0.2, 0) is 14.3 Å². The summed E-state index contributed by atoms with van der Waals surface area (Å²) in [5.41, 5.74) is 0.769. The van der Waals surface area contributed by atoms with Crippen LogP contribution in [0.15, 0.2) is 30.0 Å². The fourth-order valence-corrected chi connectivity index (χ4v) is 2.93. The van der Waals surface area contributed by atoms with Gasteiger partial charge in [-0.15, -0.1) is 0 Å². The number of urea groups is 1. The van der Waals surface area contributed by atoms with Gasteiger partial charge in [0.05, 0.1) is 32.4 Å². The molecule has 0 spiro atoms. The number of carbonyl (C=O) groups is 2. The number of hydrogen-bond donors (Lipinski definition) is 1. The number of nitrogens with zero attached hydrogens (tertiary/aromatic N) is 1. The first-order valence-electron chi connectivity index (χ1n) is 8.64. The molecule has 1 N–H and O–H groups in total. The third kappa shape index (κ3) is 4.16. The number of para-hydroxylation sites is 1. The van der Waals surface area contributed by atoms with Gasteiger partial charge < -0.3 is 14.2 Å². The average molecular weight is 362 g/mol. The van der Waals surface area contributed by atoms with E-state index in [0.29, 0.717) is 11.3 Å². The molecule has 0 saturated carbocycles. The Bertz CT molecular complexity index is 686. The van der Waals surface area contributed by atoms with Crippen LogP contribution in [0.4, 0.5) is 4.79 Å². The summed E-state index contributed by atoms with van der Waals surface area (Å²) in [7, 11) is 4.62. The summed E-state index contributed by atoms with van der Waals surface area (Å²) in [5.74, 6) is 0.345. The minimum atomic E-state index is -0.497. The van der Waals surface area contributed by atoms with E-state index in [2.05, 4.69) is 12.2 Å². The Morgan fingerprint density at radius 1 is 1.19 bits per heavy atom. The first-order chi connectivity index (χ1) is 12.6. The average Bonchev–Trinajstić information content (AvgIpc) is 2.93. The number of imide groups is 1. The Morgan fingerprint density at radius 2 is 1.92 bits per heavy atom. The van der Waals surface area contributed by atoms with Crippen molar-refractivity contribution in [1.82, 2.24) is 10.2 Å². The van der Waals surface area contributed by atoms with Crippen molar-refractivity contribution in [3.63, 3.8) is 0 Å². The van der Waals surface area contributed by atoms with Crippen LogP contribution in [-0.4, -0.2) is 50.8 Å². The largest absolute Gasteiger partial charge is 0.496 e. The third-order valence-electron chi connectivity index (χ3n) is 4.32. The number of hydrogen-bond acceptors (Lipinski definition) is 5. The molecular weight excluding hydrogens is 336 g/mol. The summed E-state index contributed by atoms with van der Waals surface area (Å²) < 4.78 is 16.4. The molecule has 26 heavy (non-hydrogen) atoms. The second kappa shape index (κ2) is 9.24. The van der Waals surface area contributed by atoms with E-state index >= 15 is 0 Å². The molecule has 0 aromatic heterocycles. The van der Waals surface area contributed by atoms with Crippen LogP contribution in [0.3, 0.4) is 0 Å². The van der Waals surface area contributed by atoms with Gasteiger partial charge in [-0.3, -0.25) is 15.0 Å². The highest BCUT2D eigenvalue weighted by Gasteiger charge is 2.38. The van der Waals surface area contributed by atoms with Gasteiger partial charge in [0.15, 0.2) is 11.5 Å². The molecule has 0 bridgehead atoms. The fraction of sp³-hybridized carbons (Fsp3) is 0.474. The van der Waals surface area contributed by atoms with Gasteiger partial charge >= 0.3 is 6.03 Å². The Morgan fingerprint density at radius 3 is 2.54 bits per heavy atom. The quantitative estimate of drug-likeness (QED) is 0.415. The van der Waals surface area contributed by atoms with Crippen molar-refractivity contribution in [3.05, 3.63) is 35.5 Å². The maximum Gasteiger partial charge on any atom is 0.329 e. The second-order valence-corrected chi connectivity index (χ2v) is 5.95. The number of nitrogens with one attached hydrogen (secondary N) is 1. The molecule has 2 rings (SSSR count). The molecule has 7 nitrogen and oxygen atoms in total. The van der Waals surface area contributed by atoms with Gasteiger partial charge in [-0.1, -0.05) is 31.9 Å². The molecule has 0 radical (unpaired) electrons. The molecule has 7 heteroatoms. The molecule has 1 aromatic carbocycles. The van der Waals surface area contributed by atoms with Crippen molar-refractivity contribution in [3.8, 4) is 5.75 Å². The van der Waals surface area contributed by atoms with E-state index in [9.17, 15) is 9.59 Å². The maximum atomic E-state index is 12.5. The van der Waals surface area contributed by atoms with Crippen molar-refractivity contribution in [1.29, 1.82) is 0 Å². The zero-order chi connectivity index (χ0) is 19.1. The highest BCUT2D eigenvalue weighted by atomic mass is 16.5. The van der Waals surface area contributed by atoms with Gasteiger partial charge in [-0.25, -0.2) is 4.79 Å². The summed E-state index contributed by atoms with van der Waals surface area (Å²) in [5, 5.41) is 2.34. The van der Waals surface area contributed by atoms with E-state index in [-0.39, 0.29) is 24.1 Å². The van der Waals surface area contributed by atoms with Crippen LogP contribution in [0, 0.1) is 0 Å². The van der Waals surface area contributed by atoms with Gasteiger partial charge in [0.25, 0.3) is 5.91 Å². The number of benzene rings is 1. The number of rotatable bonds is 9. The van der Waals surface area contributed by atoms with Gasteiger partial charge in [-0.05, 0) is 18.6 Å². The van der Waals surface area contributed by atoms with E-state index in [1.54, 1.807) is 26.4 Å². The first kappa shape index (κ1) is 19.8. The lowest BCUT2D eigenvalue weighted by Crippen LogP contribution is -2.35. The SMILES string of the molecule is CCCCC(CN1C(=O)NC(=O)C1=C(OC)c1ccccc1OC)OC. The standard InChI is InChI=1S/C19H26N2O5/c1-5-6-9-13(24-2)12-21-16(18(22)20-19(21)23)17(26-4)14-10-7-8-11-15(14)25-3/h7-8,10-11,13H,5-6,9,12H2,1-4H3,(H,20,22,23). The lowest BCUT2D eigenvalue weighted by Gasteiger charge is -2.24. The van der Waals surface area contributed by atoms with E-state index < -0.39 is 11.9 Å². The normalized spacial score (nSPS) is 17.2. The fourth-order valence-electron chi connectivity index (χ4n) is 2.93. The molecule has 1 aliphatic rings. The summed E-state index contributed by atoms with van der Waals surface area (Å²) in [4.78, 5) is 26.2. The molecule has 1 atom stereocenters. The molecular formula is C19H26N2O5. The lowest BCUT2D eigenvalue weighted by molar-refractivity contribution is -0.116. The van der Waals surface area contributed by atoms with Crippen molar-refractivity contribution in [2.45, 2.75) is 32.3 Å². The van der Waals surface area contributed by atoms with Crippen molar-refractivity contribution in [2.24, 2.45) is 0 Å². The minimum absolute atomic E-state index is 0.167. The topological polar surface area (TPSA) is 77.1 Å². The molecule has 1 fully saturated rings. The molecule has 1 heterocycles. The van der Waals surface area contributed by atoms with Crippen LogP contribution in [0.2, 0.25) is 0 Å². The van der Waals surface area contributed by atoms with Crippen LogP contribution >= 0.6 is 0 Å². The highest BCUT2D eigenvalue weighted by molar-refractivity contribution is 6.15. The Labute approximate surface area is 153 Å². The van der Waals surface area contributed by atoms with E-state index in [1.807, 2.05) is 12.1 Å². The Hall–Kier alpha value is -2.54. The summed E-state index contributed by atoms with van der Waals surface area (Å²) >= 11 is 0. The minimum Gasteiger partial charge on any atom is -0.496 e. The monoisotopic (exact) mass is 362 g/mol. The predicted octanol–water partition coefficient (Wildman–Crippen LogP) is 2.77. The second-order valence-electron chi connectivity index (χ2n) is 5.95. The highest BCUT2D eigenvalue weighted by Crippen LogP contribution is 2.32. The molecule has 0 aliphatic carbocycles. The Kier molecular flexibility index (Phi) is 7.03. The third-order valence-corrected chi connectivity index (χ3v) is 4.32. The molecule has 1 saturated heterocycles. The van der Waals surface area contributed by atoms with Crippen LogP contribution in [0.25, 0.3) is 5.76 Å². The zero-order valence-electron chi connectivity index (χ0n) is 15.7. The van der Waals surface area contributed by atoms with Gasteiger partial charge in [-0.2, -0.15) is 0 Å². The smallest absolute Gasteiger partial charge is 0.329 e. The van der Waals surface area contributed by atoms with Crippen LogP contribution < -0.4 is 10.1 Å². The molecule has 1 aromatic rings. The number of methoxy groups -OCH3 is 3. The van der Waals surface area contributed by atoms with E-state index in [4.69, 9.17) is 14.2 Å². The number of carbonyl (C=O) groups excluding carboxylic acids is 2. The zero-order valence-corrected chi connectivity index (χ0v) is 15.7. The maximum absolute atomic E-state index is 12.5. The first-order valence-corrected chi connectivity index (χ1v) is 8.64. The summed E-state index contributed by atoms with van der Waals surface area (Å²) in [6.07, 6.45) is 2.63.